The maximum atomic E-state index is 12.8. The van der Waals surface area contributed by atoms with Crippen molar-refractivity contribution in [3.8, 4) is 11.5 Å². The molecule has 0 radical (unpaired) electrons. The summed E-state index contributed by atoms with van der Waals surface area (Å²) in [6.45, 7) is 2.76. The number of ether oxygens (including phenoxy) is 2. The second kappa shape index (κ2) is 7.78. The predicted molar refractivity (Wildman–Crippen MR) is 80.8 cm³/mol. The molecule has 5 heteroatoms. The number of benzene rings is 2. The van der Waals surface area contributed by atoms with Crippen LogP contribution in [0.4, 0.5) is 4.39 Å². The molecule has 3 nitrogen and oxygen atoms in total. The summed E-state index contributed by atoms with van der Waals surface area (Å²) in [4.78, 5) is 0.595. The SMILES string of the molecule is CCOc1ccccc1OCCS(=O)c1ccc(F)cc1. The standard InChI is InChI=1S/C16H17FO3S/c1-2-19-15-5-3-4-6-16(15)20-11-12-21(18)14-9-7-13(17)8-10-14/h3-10H,2,11-12H2,1H3. The Bertz CT molecular complexity index is 599. The monoisotopic (exact) mass is 308 g/mol. The molecule has 0 aromatic heterocycles. The van der Waals surface area contributed by atoms with Gasteiger partial charge in [-0.15, -0.1) is 0 Å². The van der Waals surface area contributed by atoms with Gasteiger partial charge in [0.25, 0.3) is 0 Å². The van der Waals surface area contributed by atoms with Crippen LogP contribution in [0.3, 0.4) is 0 Å². The molecule has 0 heterocycles. The highest BCUT2D eigenvalue weighted by atomic mass is 32.2. The normalized spacial score (nSPS) is 11.9. The van der Waals surface area contributed by atoms with E-state index < -0.39 is 10.8 Å². The van der Waals surface area contributed by atoms with E-state index in [2.05, 4.69) is 0 Å². The molecule has 0 spiro atoms. The highest BCUT2D eigenvalue weighted by Crippen LogP contribution is 2.26. The average molecular weight is 308 g/mol. The van der Waals surface area contributed by atoms with Crippen LogP contribution in [0.15, 0.2) is 53.4 Å². The summed E-state index contributed by atoms with van der Waals surface area (Å²) < 4.78 is 35.9. The van der Waals surface area contributed by atoms with E-state index >= 15 is 0 Å². The molecule has 112 valence electrons. The number of halogens is 1. The van der Waals surface area contributed by atoms with Crippen LogP contribution in [-0.2, 0) is 10.8 Å². The Morgan fingerprint density at radius 2 is 1.62 bits per heavy atom. The molecule has 1 unspecified atom stereocenters. The highest BCUT2D eigenvalue weighted by Gasteiger charge is 2.07. The van der Waals surface area contributed by atoms with Crippen molar-refractivity contribution in [3.63, 3.8) is 0 Å². The summed E-state index contributed by atoms with van der Waals surface area (Å²) in [5, 5.41) is 0. The van der Waals surface area contributed by atoms with E-state index in [0.717, 1.165) is 0 Å². The second-order valence-electron chi connectivity index (χ2n) is 4.23. The minimum Gasteiger partial charge on any atom is -0.490 e. The third-order valence-corrected chi connectivity index (χ3v) is 4.09. The molecule has 0 bridgehead atoms. The first-order chi connectivity index (χ1) is 10.2. The van der Waals surface area contributed by atoms with Gasteiger partial charge >= 0.3 is 0 Å². The van der Waals surface area contributed by atoms with E-state index in [1.54, 1.807) is 0 Å². The van der Waals surface area contributed by atoms with Crippen LogP contribution in [0, 0.1) is 5.82 Å². The number of rotatable bonds is 7. The molecular formula is C16H17FO3S. The van der Waals surface area contributed by atoms with Gasteiger partial charge in [0.15, 0.2) is 11.5 Å². The van der Waals surface area contributed by atoms with Gasteiger partial charge in [-0.3, -0.25) is 4.21 Å². The lowest BCUT2D eigenvalue weighted by molar-refractivity contribution is 0.289. The Labute approximate surface area is 126 Å². The largest absolute Gasteiger partial charge is 0.490 e. The van der Waals surface area contributed by atoms with Crippen LogP contribution in [0.1, 0.15) is 6.92 Å². The van der Waals surface area contributed by atoms with Crippen molar-refractivity contribution >= 4 is 10.8 Å². The molecule has 0 saturated carbocycles. The summed E-state index contributed by atoms with van der Waals surface area (Å²) in [5.41, 5.74) is 0. The van der Waals surface area contributed by atoms with Crippen LogP contribution in [0.5, 0.6) is 11.5 Å². The number of hydrogen-bond donors (Lipinski definition) is 0. The van der Waals surface area contributed by atoms with Crippen molar-refractivity contribution in [3.05, 3.63) is 54.3 Å². The molecule has 0 fully saturated rings. The molecular weight excluding hydrogens is 291 g/mol. The Kier molecular flexibility index (Phi) is 5.75. The van der Waals surface area contributed by atoms with Crippen LogP contribution in [-0.4, -0.2) is 23.2 Å². The lowest BCUT2D eigenvalue weighted by Crippen LogP contribution is -2.09. The molecule has 21 heavy (non-hydrogen) atoms. The Balaban J connectivity index is 1.89. The zero-order chi connectivity index (χ0) is 15.1. The maximum absolute atomic E-state index is 12.8. The summed E-state index contributed by atoms with van der Waals surface area (Å²) in [6, 6.07) is 13.0. The molecule has 2 aromatic rings. The van der Waals surface area contributed by atoms with Crippen molar-refractivity contribution in [2.75, 3.05) is 19.0 Å². The van der Waals surface area contributed by atoms with Gasteiger partial charge in [0.1, 0.15) is 12.4 Å². The fourth-order valence-corrected chi connectivity index (χ4v) is 2.69. The lowest BCUT2D eigenvalue weighted by atomic mass is 10.3. The molecule has 0 aliphatic rings. The Hall–Kier alpha value is -1.88. The van der Waals surface area contributed by atoms with E-state index in [1.807, 2.05) is 31.2 Å². The third-order valence-electron chi connectivity index (χ3n) is 2.75. The molecule has 2 rings (SSSR count). The van der Waals surface area contributed by atoms with Gasteiger partial charge in [-0.25, -0.2) is 4.39 Å². The fourth-order valence-electron chi connectivity index (χ4n) is 1.78. The van der Waals surface area contributed by atoms with Gasteiger partial charge in [0.2, 0.25) is 0 Å². The zero-order valence-electron chi connectivity index (χ0n) is 11.8. The Morgan fingerprint density at radius 3 is 2.24 bits per heavy atom. The van der Waals surface area contributed by atoms with Crippen LogP contribution in [0.2, 0.25) is 0 Å². The summed E-state index contributed by atoms with van der Waals surface area (Å²) in [5.74, 6) is 1.31. The molecule has 0 aliphatic carbocycles. The lowest BCUT2D eigenvalue weighted by Gasteiger charge is -2.11. The molecule has 2 aromatic carbocycles. The maximum Gasteiger partial charge on any atom is 0.161 e. The molecule has 1 atom stereocenters. The smallest absolute Gasteiger partial charge is 0.161 e. The van der Waals surface area contributed by atoms with Crippen molar-refractivity contribution in [2.24, 2.45) is 0 Å². The van der Waals surface area contributed by atoms with Gasteiger partial charge < -0.3 is 9.47 Å². The molecule has 0 saturated heterocycles. The van der Waals surface area contributed by atoms with E-state index in [-0.39, 0.29) is 5.82 Å². The van der Waals surface area contributed by atoms with Crippen LogP contribution >= 0.6 is 0 Å². The van der Waals surface area contributed by atoms with Gasteiger partial charge in [0, 0.05) is 4.90 Å². The first-order valence-electron chi connectivity index (χ1n) is 6.69. The first kappa shape index (κ1) is 15.5. The topological polar surface area (TPSA) is 35.5 Å². The second-order valence-corrected chi connectivity index (χ2v) is 5.80. The van der Waals surface area contributed by atoms with Crippen LogP contribution in [0.25, 0.3) is 0 Å². The van der Waals surface area contributed by atoms with E-state index in [1.165, 1.54) is 24.3 Å². The van der Waals surface area contributed by atoms with E-state index in [9.17, 15) is 8.60 Å². The molecule has 0 N–H and O–H groups in total. The highest BCUT2D eigenvalue weighted by molar-refractivity contribution is 7.85. The van der Waals surface area contributed by atoms with E-state index in [4.69, 9.17) is 9.47 Å². The quantitative estimate of drug-likeness (QED) is 0.786. The number of para-hydroxylation sites is 2. The molecule has 0 aliphatic heterocycles. The fraction of sp³-hybridized carbons (Fsp3) is 0.250. The first-order valence-corrected chi connectivity index (χ1v) is 8.01. The van der Waals surface area contributed by atoms with Gasteiger partial charge in [-0.2, -0.15) is 0 Å². The van der Waals surface area contributed by atoms with E-state index in [0.29, 0.717) is 35.4 Å². The third kappa shape index (κ3) is 4.56. The summed E-state index contributed by atoms with van der Waals surface area (Å²) in [7, 11) is -1.21. The predicted octanol–water partition coefficient (Wildman–Crippen LogP) is 3.41. The van der Waals surface area contributed by atoms with Crippen molar-refractivity contribution in [1.82, 2.24) is 0 Å². The summed E-state index contributed by atoms with van der Waals surface area (Å²) >= 11 is 0. The van der Waals surface area contributed by atoms with Gasteiger partial charge in [0.05, 0.1) is 23.2 Å². The average Bonchev–Trinajstić information content (AvgIpc) is 2.50. The van der Waals surface area contributed by atoms with Crippen LogP contribution < -0.4 is 9.47 Å². The summed E-state index contributed by atoms with van der Waals surface area (Å²) in [6.07, 6.45) is 0. The van der Waals surface area contributed by atoms with Crippen molar-refractivity contribution < 1.29 is 18.1 Å². The Morgan fingerprint density at radius 1 is 1.00 bits per heavy atom. The van der Waals surface area contributed by atoms with Crippen molar-refractivity contribution in [2.45, 2.75) is 11.8 Å². The van der Waals surface area contributed by atoms with Crippen molar-refractivity contribution in [1.29, 1.82) is 0 Å². The minimum absolute atomic E-state index is 0.300. The zero-order valence-corrected chi connectivity index (χ0v) is 12.6. The van der Waals surface area contributed by atoms with Gasteiger partial charge in [-0.1, -0.05) is 12.1 Å². The van der Waals surface area contributed by atoms with Gasteiger partial charge in [-0.05, 0) is 43.3 Å². The molecule has 0 amide bonds. The number of hydrogen-bond acceptors (Lipinski definition) is 3. The minimum atomic E-state index is -1.21.